The zero-order chi connectivity index (χ0) is 30.6. The highest BCUT2D eigenvalue weighted by molar-refractivity contribution is 7.92. The fraction of sp³-hybridized carbons (Fsp3) is 0.353. The lowest BCUT2D eigenvalue weighted by Gasteiger charge is -2.37. The predicted molar refractivity (Wildman–Crippen MR) is 170 cm³/mol. The molecule has 224 valence electrons. The third kappa shape index (κ3) is 7.38. The van der Waals surface area contributed by atoms with Crippen LogP contribution in [-0.2, 0) is 26.0 Å². The number of fused-ring (bicyclic) bond motifs is 1. The Balaban J connectivity index is 1.25. The molecule has 0 spiro atoms. The number of nitrogens with zero attached hydrogens (tertiary/aromatic N) is 1. The number of thiophene rings is 1. The average Bonchev–Trinajstić information content (AvgIpc) is 3.37. The number of hydrogen-bond donors (Lipinski definition) is 0. The van der Waals surface area contributed by atoms with E-state index in [9.17, 15) is 13.2 Å². The van der Waals surface area contributed by atoms with Crippen LogP contribution in [0.4, 0.5) is 0 Å². The van der Waals surface area contributed by atoms with Gasteiger partial charge in [0.2, 0.25) is 5.88 Å². The van der Waals surface area contributed by atoms with Crippen LogP contribution in [0.5, 0.6) is 11.6 Å². The molecule has 5 rings (SSSR count). The highest BCUT2D eigenvalue weighted by Crippen LogP contribution is 2.38. The molecule has 2 aromatic heterocycles. The lowest BCUT2D eigenvalue weighted by atomic mass is 9.96. The minimum atomic E-state index is -2.90. The summed E-state index contributed by atoms with van der Waals surface area (Å²) in [6.45, 7) is 8.63. The Labute approximate surface area is 257 Å². The Kier molecular flexibility index (Phi) is 9.09. The van der Waals surface area contributed by atoms with Crippen molar-refractivity contribution in [2.24, 2.45) is 5.41 Å². The van der Waals surface area contributed by atoms with Crippen LogP contribution in [0.1, 0.15) is 49.8 Å². The molecule has 1 saturated heterocycles. The molecule has 0 bridgehead atoms. The zero-order valence-electron chi connectivity index (χ0n) is 24.8. The van der Waals surface area contributed by atoms with E-state index in [0.717, 1.165) is 39.0 Å². The summed E-state index contributed by atoms with van der Waals surface area (Å²) in [4.78, 5) is 16.4. The van der Waals surface area contributed by atoms with Crippen LogP contribution >= 0.6 is 11.3 Å². The first-order chi connectivity index (χ1) is 20.6. The smallest absolute Gasteiger partial charge is 0.307 e. The van der Waals surface area contributed by atoms with E-state index in [1.165, 1.54) is 4.70 Å². The van der Waals surface area contributed by atoms with E-state index in [-0.39, 0.29) is 35.2 Å². The van der Waals surface area contributed by atoms with Crippen molar-refractivity contribution in [3.05, 3.63) is 76.8 Å². The predicted octanol–water partition coefficient (Wildman–Crippen LogP) is 6.72. The second-order valence-electron chi connectivity index (χ2n) is 11.3. The fourth-order valence-corrected chi connectivity index (χ4v) is 8.56. The number of aromatic nitrogens is 1. The first kappa shape index (κ1) is 30.6. The summed E-state index contributed by atoms with van der Waals surface area (Å²) >= 11 is 1.70. The number of esters is 1. The van der Waals surface area contributed by atoms with Gasteiger partial charge in [0, 0.05) is 33.3 Å². The molecule has 0 radical (unpaired) electrons. The number of rotatable bonds is 11. The molecule has 0 amide bonds. The van der Waals surface area contributed by atoms with Gasteiger partial charge in [-0.05, 0) is 72.7 Å². The van der Waals surface area contributed by atoms with E-state index in [0.29, 0.717) is 25.7 Å². The lowest BCUT2D eigenvalue weighted by Crippen LogP contribution is -2.50. The van der Waals surface area contributed by atoms with E-state index in [4.69, 9.17) is 14.2 Å². The summed E-state index contributed by atoms with van der Waals surface area (Å²) in [5.41, 5.74) is 4.91. The Morgan fingerprint density at radius 2 is 1.91 bits per heavy atom. The molecule has 1 atom stereocenters. The van der Waals surface area contributed by atoms with Gasteiger partial charge in [-0.1, -0.05) is 31.0 Å². The van der Waals surface area contributed by atoms with Crippen LogP contribution in [-0.4, -0.2) is 44.1 Å². The monoisotopic (exact) mass is 617 g/mol. The van der Waals surface area contributed by atoms with Gasteiger partial charge in [-0.3, -0.25) is 4.79 Å². The molecule has 1 aliphatic heterocycles. The van der Waals surface area contributed by atoms with Crippen LogP contribution in [0.3, 0.4) is 0 Å². The van der Waals surface area contributed by atoms with Crippen molar-refractivity contribution in [3.8, 4) is 34.6 Å². The first-order valence-electron chi connectivity index (χ1n) is 14.2. The summed E-state index contributed by atoms with van der Waals surface area (Å²) in [7, 11) is -2.90. The fourth-order valence-electron chi connectivity index (χ4n) is 5.42. The van der Waals surface area contributed by atoms with E-state index >= 15 is 0 Å². The third-order valence-electron chi connectivity index (χ3n) is 7.39. The summed E-state index contributed by atoms with van der Waals surface area (Å²) in [5.74, 6) is 6.99. The van der Waals surface area contributed by atoms with E-state index in [1.807, 2.05) is 25.1 Å². The third-order valence-corrected chi connectivity index (χ3v) is 10.6. The van der Waals surface area contributed by atoms with Crippen molar-refractivity contribution in [1.82, 2.24) is 4.98 Å². The maximum atomic E-state index is 12.0. The number of benzene rings is 2. The normalized spacial score (nSPS) is 15.5. The molecule has 43 heavy (non-hydrogen) atoms. The number of sulfone groups is 1. The van der Waals surface area contributed by atoms with Gasteiger partial charge in [-0.2, -0.15) is 0 Å². The summed E-state index contributed by atoms with van der Waals surface area (Å²) in [6, 6.07) is 16.1. The van der Waals surface area contributed by atoms with Gasteiger partial charge in [0.1, 0.15) is 12.4 Å². The Hall–Kier alpha value is -3.87. The van der Waals surface area contributed by atoms with Crippen LogP contribution in [0.2, 0.25) is 0 Å². The zero-order valence-corrected chi connectivity index (χ0v) is 26.4. The van der Waals surface area contributed by atoms with Gasteiger partial charge in [0.25, 0.3) is 0 Å². The largest absolute Gasteiger partial charge is 0.493 e. The van der Waals surface area contributed by atoms with Gasteiger partial charge in [-0.25, -0.2) is 13.4 Å². The van der Waals surface area contributed by atoms with Crippen molar-refractivity contribution in [2.75, 3.05) is 24.7 Å². The molecule has 1 unspecified atom stereocenters. The molecule has 4 aromatic rings. The maximum Gasteiger partial charge on any atom is 0.307 e. The number of hydrogen-bond acceptors (Lipinski definition) is 8. The number of carbonyl (C=O) groups excluding carboxylic acids is 1. The molecular weight excluding hydrogens is 583 g/mol. The highest BCUT2D eigenvalue weighted by Gasteiger charge is 2.45. The SMILES string of the molecule is CC#CC(CC(=O)OCC)c1ccc(OCc2ccc3scc(-c4ccc(OCC5(C)CS(=O)(=O)C5)cc4C)c3c2)nc1. The van der Waals surface area contributed by atoms with E-state index in [1.54, 1.807) is 37.4 Å². The Bertz CT molecular complexity index is 1790. The maximum absolute atomic E-state index is 12.0. The topological polar surface area (TPSA) is 91.8 Å². The van der Waals surface area contributed by atoms with Gasteiger partial charge in [-0.15, -0.1) is 17.3 Å². The van der Waals surface area contributed by atoms with Gasteiger partial charge in [0.15, 0.2) is 9.84 Å². The summed E-state index contributed by atoms with van der Waals surface area (Å²) < 4.78 is 41.5. The molecule has 9 heteroatoms. The van der Waals surface area contributed by atoms with Crippen molar-refractivity contribution in [2.45, 2.75) is 46.6 Å². The van der Waals surface area contributed by atoms with Gasteiger partial charge in [0.05, 0.1) is 37.1 Å². The minimum Gasteiger partial charge on any atom is -0.493 e. The number of ether oxygens (including phenoxy) is 3. The number of carbonyl (C=O) groups is 1. The summed E-state index contributed by atoms with van der Waals surface area (Å²) in [5, 5.41) is 3.32. The Morgan fingerprint density at radius 1 is 1.09 bits per heavy atom. The van der Waals surface area contributed by atoms with Crippen LogP contribution < -0.4 is 9.47 Å². The second kappa shape index (κ2) is 12.8. The highest BCUT2D eigenvalue weighted by atomic mass is 32.2. The second-order valence-corrected chi connectivity index (χ2v) is 14.2. The number of aryl methyl sites for hydroxylation is 1. The molecule has 0 saturated carbocycles. The van der Waals surface area contributed by atoms with Crippen molar-refractivity contribution < 1.29 is 27.4 Å². The van der Waals surface area contributed by atoms with Gasteiger partial charge >= 0.3 is 5.97 Å². The molecule has 1 aliphatic rings. The lowest BCUT2D eigenvalue weighted by molar-refractivity contribution is -0.143. The molecule has 3 heterocycles. The molecular formula is C34H35NO6S2. The van der Waals surface area contributed by atoms with E-state index < -0.39 is 9.84 Å². The van der Waals surface area contributed by atoms with Crippen molar-refractivity contribution in [1.29, 1.82) is 0 Å². The van der Waals surface area contributed by atoms with Crippen molar-refractivity contribution in [3.63, 3.8) is 0 Å². The minimum absolute atomic E-state index is 0.178. The molecule has 2 aromatic carbocycles. The van der Waals surface area contributed by atoms with Crippen LogP contribution in [0, 0.1) is 24.2 Å². The summed E-state index contributed by atoms with van der Waals surface area (Å²) in [6.07, 6.45) is 1.88. The molecule has 7 nitrogen and oxygen atoms in total. The van der Waals surface area contributed by atoms with E-state index in [2.05, 4.69) is 53.4 Å². The quantitative estimate of drug-likeness (QED) is 0.136. The average molecular weight is 618 g/mol. The first-order valence-corrected chi connectivity index (χ1v) is 16.9. The van der Waals surface area contributed by atoms with Gasteiger partial charge < -0.3 is 14.2 Å². The Morgan fingerprint density at radius 3 is 2.58 bits per heavy atom. The molecule has 0 aliphatic carbocycles. The molecule has 0 N–H and O–H groups in total. The van der Waals surface area contributed by atoms with Crippen LogP contribution in [0.15, 0.2) is 60.1 Å². The number of pyridine rings is 1. The van der Waals surface area contributed by atoms with Crippen LogP contribution in [0.25, 0.3) is 21.2 Å². The van der Waals surface area contributed by atoms with Crippen molar-refractivity contribution >= 4 is 37.2 Å². The molecule has 1 fully saturated rings. The standard InChI is InChI=1S/C34H35NO6S2/c1-5-7-25(16-33(36)39-6-2)26-9-13-32(35-17-26)40-18-24-8-12-31-29(15-24)30(19-42-31)28-11-10-27(14-23(28)3)41-20-34(4)21-43(37,38)22-34/h8-15,17,19,25H,6,16,18,20-22H2,1-4H3.